The van der Waals surface area contributed by atoms with Crippen LogP contribution in [0, 0.1) is 17.5 Å². The first-order chi connectivity index (χ1) is 17.9. The maximum Gasteiger partial charge on any atom is 0.407 e. The van der Waals surface area contributed by atoms with Gasteiger partial charge in [0.05, 0.1) is 17.4 Å². The molecular weight excluding hydrogens is 499 g/mol. The molecular formula is C28H30F3N3O4. The van der Waals surface area contributed by atoms with E-state index in [2.05, 4.69) is 15.6 Å². The Morgan fingerprint density at radius 3 is 2.37 bits per heavy atom. The number of amides is 2. The number of nitrogens with one attached hydrogen (secondary N) is 2. The van der Waals surface area contributed by atoms with Gasteiger partial charge >= 0.3 is 6.09 Å². The van der Waals surface area contributed by atoms with E-state index in [-0.39, 0.29) is 36.4 Å². The van der Waals surface area contributed by atoms with Gasteiger partial charge in [-0.25, -0.2) is 18.0 Å². The Labute approximate surface area is 219 Å². The highest BCUT2D eigenvalue weighted by Gasteiger charge is 2.30. The molecule has 2 amide bonds. The predicted molar refractivity (Wildman–Crippen MR) is 135 cm³/mol. The lowest BCUT2D eigenvalue weighted by Crippen LogP contribution is -2.42. The Bertz CT molecular complexity index is 1270. The van der Waals surface area contributed by atoms with E-state index in [0.717, 1.165) is 5.56 Å². The molecule has 0 unspecified atom stereocenters. The summed E-state index contributed by atoms with van der Waals surface area (Å²) in [6.45, 7) is 5.02. The molecule has 0 radical (unpaired) electrons. The number of halogens is 3. The molecule has 2 atom stereocenters. The second-order valence-corrected chi connectivity index (χ2v) is 9.82. The molecule has 0 saturated heterocycles. The van der Waals surface area contributed by atoms with Gasteiger partial charge in [-0.15, -0.1) is 0 Å². The predicted octanol–water partition coefficient (Wildman–Crippen LogP) is 4.64. The number of ether oxygens (including phenoxy) is 1. The van der Waals surface area contributed by atoms with Gasteiger partial charge in [-0.2, -0.15) is 0 Å². The van der Waals surface area contributed by atoms with Gasteiger partial charge in [-0.3, -0.25) is 9.78 Å². The molecule has 0 bridgehead atoms. The number of benzene rings is 2. The first kappa shape index (κ1) is 28.6. The monoisotopic (exact) mass is 529 g/mol. The van der Waals surface area contributed by atoms with Gasteiger partial charge in [0.1, 0.15) is 12.4 Å². The fourth-order valence-corrected chi connectivity index (χ4v) is 3.79. The lowest BCUT2D eigenvalue weighted by Gasteiger charge is -2.26. The molecule has 202 valence electrons. The third kappa shape index (κ3) is 8.04. The minimum Gasteiger partial charge on any atom is -0.445 e. The zero-order valence-corrected chi connectivity index (χ0v) is 21.3. The van der Waals surface area contributed by atoms with Gasteiger partial charge < -0.3 is 20.5 Å². The van der Waals surface area contributed by atoms with Gasteiger partial charge in [-0.05, 0) is 56.5 Å². The number of aliphatic hydroxyl groups is 1. The SMILES string of the molecule is CC(C)(C)NC(=O)c1cccnc1[C@@H](Cc1cc(F)c(F)cc1F)[C@@H](O)CNC(=O)OCc1ccccc1. The van der Waals surface area contributed by atoms with Crippen molar-refractivity contribution in [2.45, 2.75) is 51.4 Å². The summed E-state index contributed by atoms with van der Waals surface area (Å²) in [6, 6.07) is 13.1. The van der Waals surface area contributed by atoms with Gasteiger partial charge in [0, 0.05) is 30.3 Å². The first-order valence-corrected chi connectivity index (χ1v) is 12.0. The molecule has 10 heteroatoms. The smallest absolute Gasteiger partial charge is 0.407 e. The number of hydrogen-bond donors (Lipinski definition) is 3. The van der Waals surface area contributed by atoms with E-state index >= 15 is 0 Å². The lowest BCUT2D eigenvalue weighted by atomic mass is 9.87. The number of carbonyl (C=O) groups is 2. The van der Waals surface area contributed by atoms with Crippen LogP contribution >= 0.6 is 0 Å². The molecule has 0 spiro atoms. The molecule has 1 aromatic heterocycles. The minimum atomic E-state index is -1.40. The number of pyridine rings is 1. The van der Waals surface area contributed by atoms with E-state index in [1.54, 1.807) is 45.0 Å². The fraction of sp³-hybridized carbons (Fsp3) is 0.321. The average Bonchev–Trinajstić information content (AvgIpc) is 2.87. The minimum absolute atomic E-state index is 0.00360. The van der Waals surface area contributed by atoms with E-state index in [1.807, 2.05) is 6.07 Å². The van der Waals surface area contributed by atoms with Crippen molar-refractivity contribution < 1.29 is 32.6 Å². The normalized spacial score (nSPS) is 12.9. The zero-order valence-electron chi connectivity index (χ0n) is 21.3. The highest BCUT2D eigenvalue weighted by atomic mass is 19.2. The van der Waals surface area contributed by atoms with Gasteiger partial charge in [-0.1, -0.05) is 30.3 Å². The van der Waals surface area contributed by atoms with Crippen LogP contribution < -0.4 is 10.6 Å². The van der Waals surface area contributed by atoms with Crippen LogP contribution in [0.2, 0.25) is 0 Å². The van der Waals surface area contributed by atoms with Crippen molar-refractivity contribution >= 4 is 12.0 Å². The fourth-order valence-electron chi connectivity index (χ4n) is 3.79. The standard InChI is InChI=1S/C28H30F3N3O4/c1-28(2,3)34-26(36)19-10-7-11-32-25(19)20(12-18-13-22(30)23(31)14-21(18)29)24(35)15-33-27(37)38-16-17-8-5-4-6-9-17/h4-11,13-14,20,24,35H,12,15-16H2,1-3H3,(H,33,37)(H,34,36)/t20-,24-/m0/s1. The van der Waals surface area contributed by atoms with E-state index in [9.17, 15) is 27.9 Å². The summed E-state index contributed by atoms with van der Waals surface area (Å²) in [7, 11) is 0. The average molecular weight is 530 g/mol. The first-order valence-electron chi connectivity index (χ1n) is 12.0. The lowest BCUT2D eigenvalue weighted by molar-refractivity contribution is 0.0911. The Balaban J connectivity index is 1.85. The largest absolute Gasteiger partial charge is 0.445 e. The highest BCUT2D eigenvalue weighted by molar-refractivity contribution is 5.95. The van der Waals surface area contributed by atoms with E-state index < -0.39 is 47.0 Å². The summed E-state index contributed by atoms with van der Waals surface area (Å²) in [5.74, 6) is -5.20. The van der Waals surface area contributed by atoms with Gasteiger partial charge in [0.15, 0.2) is 11.6 Å². The molecule has 0 aliphatic heterocycles. The second kappa shape index (κ2) is 12.6. The molecule has 0 aliphatic rings. The van der Waals surface area contributed by atoms with Crippen molar-refractivity contribution in [3.05, 3.63) is 101 Å². The summed E-state index contributed by atoms with van der Waals surface area (Å²) >= 11 is 0. The van der Waals surface area contributed by atoms with Crippen LogP contribution in [0.25, 0.3) is 0 Å². The van der Waals surface area contributed by atoms with Crippen molar-refractivity contribution in [2.24, 2.45) is 0 Å². The van der Waals surface area contributed by atoms with Crippen molar-refractivity contribution in [3.63, 3.8) is 0 Å². The maximum atomic E-state index is 14.5. The highest BCUT2D eigenvalue weighted by Crippen LogP contribution is 2.28. The van der Waals surface area contributed by atoms with Gasteiger partial charge in [0.2, 0.25) is 0 Å². The third-order valence-corrected chi connectivity index (χ3v) is 5.58. The van der Waals surface area contributed by atoms with Crippen LogP contribution in [0.5, 0.6) is 0 Å². The number of alkyl carbamates (subject to hydrolysis) is 1. The maximum absolute atomic E-state index is 14.5. The Kier molecular flexibility index (Phi) is 9.46. The molecule has 38 heavy (non-hydrogen) atoms. The van der Waals surface area contributed by atoms with Crippen LogP contribution in [0.4, 0.5) is 18.0 Å². The Morgan fingerprint density at radius 2 is 1.68 bits per heavy atom. The quantitative estimate of drug-likeness (QED) is 0.351. The second-order valence-electron chi connectivity index (χ2n) is 9.82. The van der Waals surface area contributed by atoms with E-state index in [1.165, 1.54) is 18.3 Å². The number of carbonyl (C=O) groups excluding carboxylic acids is 2. The summed E-state index contributed by atoms with van der Waals surface area (Å²) in [4.78, 5) is 29.5. The van der Waals surface area contributed by atoms with Crippen LogP contribution in [-0.2, 0) is 17.8 Å². The summed E-state index contributed by atoms with van der Waals surface area (Å²) in [6.07, 6.45) is -1.15. The van der Waals surface area contributed by atoms with E-state index in [0.29, 0.717) is 12.1 Å². The molecule has 3 rings (SSSR count). The van der Waals surface area contributed by atoms with Crippen LogP contribution in [0.3, 0.4) is 0 Å². The number of hydrogen-bond acceptors (Lipinski definition) is 5. The van der Waals surface area contributed by atoms with E-state index in [4.69, 9.17) is 4.74 Å². The zero-order chi connectivity index (χ0) is 27.9. The third-order valence-electron chi connectivity index (χ3n) is 5.58. The molecule has 0 saturated carbocycles. The molecule has 0 aliphatic carbocycles. The molecule has 2 aromatic carbocycles. The molecule has 3 N–H and O–H groups in total. The molecule has 0 fully saturated rings. The van der Waals surface area contributed by atoms with Gasteiger partial charge in [0.25, 0.3) is 5.91 Å². The summed E-state index contributed by atoms with van der Waals surface area (Å²) in [5.41, 5.74) is 0.158. The topological polar surface area (TPSA) is 101 Å². The summed E-state index contributed by atoms with van der Waals surface area (Å²) in [5, 5.41) is 16.3. The van der Waals surface area contributed by atoms with Crippen LogP contribution in [0.15, 0.2) is 60.8 Å². The van der Waals surface area contributed by atoms with Crippen LogP contribution in [0.1, 0.15) is 53.9 Å². The molecule has 1 heterocycles. The Morgan fingerprint density at radius 1 is 1.00 bits per heavy atom. The number of nitrogens with zero attached hydrogens (tertiary/aromatic N) is 1. The van der Waals surface area contributed by atoms with Crippen molar-refractivity contribution in [1.29, 1.82) is 0 Å². The number of rotatable bonds is 9. The molecule has 7 nitrogen and oxygen atoms in total. The summed E-state index contributed by atoms with van der Waals surface area (Å²) < 4.78 is 47.2. The number of aliphatic hydroxyl groups excluding tert-OH is 1. The number of aromatic nitrogens is 1. The van der Waals surface area contributed by atoms with Crippen LogP contribution in [-0.4, -0.2) is 40.3 Å². The van der Waals surface area contributed by atoms with Crippen molar-refractivity contribution in [1.82, 2.24) is 15.6 Å². The van der Waals surface area contributed by atoms with Crippen molar-refractivity contribution in [3.8, 4) is 0 Å². The molecule has 3 aromatic rings. The Hall–Kier alpha value is -3.92. The van der Waals surface area contributed by atoms with Crippen molar-refractivity contribution in [2.75, 3.05) is 6.54 Å².